The van der Waals surface area contributed by atoms with Gasteiger partial charge in [-0.25, -0.2) is 0 Å². The second-order valence-corrected chi connectivity index (χ2v) is 8.34. The first-order chi connectivity index (χ1) is 16.8. The third-order valence-electron chi connectivity index (χ3n) is 5.19. The lowest BCUT2D eigenvalue weighted by Gasteiger charge is -2.23. The molecule has 0 unspecified atom stereocenters. The third kappa shape index (κ3) is 4.60. The van der Waals surface area contributed by atoms with Gasteiger partial charge in [-0.15, -0.1) is 10.2 Å². The first-order valence-corrected chi connectivity index (χ1v) is 11.8. The number of carbonyl (C=O) groups excluding carboxylic acids is 1. The van der Waals surface area contributed by atoms with Crippen molar-refractivity contribution in [2.45, 2.75) is 5.16 Å². The summed E-state index contributed by atoms with van der Waals surface area (Å²) in [7, 11) is 0. The number of amides is 1. The molecule has 0 saturated heterocycles. The van der Waals surface area contributed by atoms with Crippen LogP contribution in [0.1, 0.15) is 0 Å². The number of pyridine rings is 1. The van der Waals surface area contributed by atoms with Crippen LogP contribution in [0.5, 0.6) is 0 Å². The van der Waals surface area contributed by atoms with Crippen molar-refractivity contribution in [1.29, 1.82) is 0 Å². The Bertz CT molecular complexity index is 1320. The Morgan fingerprint density at radius 1 is 0.735 bits per heavy atom. The van der Waals surface area contributed by atoms with Crippen molar-refractivity contribution >= 4 is 29.0 Å². The summed E-state index contributed by atoms with van der Waals surface area (Å²) >= 11 is 1.37. The molecule has 1 amide bonds. The molecule has 0 atom stereocenters. The van der Waals surface area contributed by atoms with Crippen LogP contribution in [-0.2, 0) is 4.79 Å². The molecule has 5 rings (SSSR count). The van der Waals surface area contributed by atoms with Crippen LogP contribution in [0.4, 0.5) is 11.4 Å². The van der Waals surface area contributed by atoms with E-state index in [9.17, 15) is 4.79 Å². The quantitative estimate of drug-likeness (QED) is 0.286. The average molecular weight is 464 g/mol. The van der Waals surface area contributed by atoms with Crippen LogP contribution >= 0.6 is 11.8 Å². The van der Waals surface area contributed by atoms with Crippen LogP contribution < -0.4 is 4.90 Å². The molecule has 0 radical (unpaired) electrons. The maximum atomic E-state index is 13.5. The van der Waals surface area contributed by atoms with Gasteiger partial charge in [0, 0.05) is 35.0 Å². The highest BCUT2D eigenvalue weighted by atomic mass is 32.2. The second-order valence-electron chi connectivity index (χ2n) is 7.40. The van der Waals surface area contributed by atoms with E-state index in [0.717, 1.165) is 22.6 Å². The molecule has 0 aliphatic rings. The van der Waals surface area contributed by atoms with Gasteiger partial charge >= 0.3 is 0 Å². The van der Waals surface area contributed by atoms with Gasteiger partial charge in [0.05, 0.1) is 5.75 Å². The lowest BCUT2D eigenvalue weighted by molar-refractivity contribution is -0.115. The Morgan fingerprint density at radius 2 is 1.29 bits per heavy atom. The number of para-hydroxylation sites is 3. The fraction of sp³-hybridized carbons (Fsp3) is 0.0370. The van der Waals surface area contributed by atoms with Gasteiger partial charge in [0.2, 0.25) is 5.91 Å². The fourth-order valence-corrected chi connectivity index (χ4v) is 4.44. The summed E-state index contributed by atoms with van der Waals surface area (Å²) in [6.45, 7) is 0. The van der Waals surface area contributed by atoms with Crippen molar-refractivity contribution in [3.8, 4) is 17.1 Å². The van der Waals surface area contributed by atoms with E-state index in [2.05, 4.69) is 15.2 Å². The van der Waals surface area contributed by atoms with Gasteiger partial charge in [0.1, 0.15) is 0 Å². The van der Waals surface area contributed by atoms with E-state index < -0.39 is 0 Å². The summed E-state index contributed by atoms with van der Waals surface area (Å²) in [4.78, 5) is 19.3. The zero-order chi connectivity index (χ0) is 23.2. The number of carbonyl (C=O) groups is 1. The first-order valence-electron chi connectivity index (χ1n) is 10.8. The van der Waals surface area contributed by atoms with Gasteiger partial charge in [0.15, 0.2) is 11.0 Å². The minimum atomic E-state index is -0.0459. The van der Waals surface area contributed by atoms with E-state index in [1.165, 1.54) is 11.8 Å². The number of anilines is 2. The Hall–Kier alpha value is -4.23. The van der Waals surface area contributed by atoms with Crippen LogP contribution in [0.25, 0.3) is 17.1 Å². The molecule has 2 aromatic heterocycles. The average Bonchev–Trinajstić information content (AvgIpc) is 3.34. The molecule has 0 bridgehead atoms. The van der Waals surface area contributed by atoms with Gasteiger partial charge in [-0.2, -0.15) is 0 Å². The van der Waals surface area contributed by atoms with Crippen LogP contribution in [-0.4, -0.2) is 31.4 Å². The van der Waals surface area contributed by atoms with Crippen LogP contribution in [0.2, 0.25) is 0 Å². The molecule has 166 valence electrons. The Morgan fingerprint density at radius 3 is 1.88 bits per heavy atom. The summed E-state index contributed by atoms with van der Waals surface area (Å²) < 4.78 is 1.97. The van der Waals surface area contributed by atoms with Gasteiger partial charge < -0.3 is 0 Å². The van der Waals surface area contributed by atoms with Gasteiger partial charge in [-0.3, -0.25) is 19.2 Å². The van der Waals surface area contributed by atoms with Crippen molar-refractivity contribution in [3.05, 3.63) is 116 Å². The van der Waals surface area contributed by atoms with Crippen molar-refractivity contribution in [1.82, 2.24) is 19.7 Å². The molecule has 34 heavy (non-hydrogen) atoms. The van der Waals surface area contributed by atoms with Gasteiger partial charge in [-0.1, -0.05) is 66.4 Å². The molecule has 6 nitrogen and oxygen atoms in total. The number of rotatable bonds is 7. The molecule has 0 aliphatic heterocycles. The second kappa shape index (κ2) is 10.1. The van der Waals surface area contributed by atoms with Crippen molar-refractivity contribution in [2.75, 3.05) is 10.7 Å². The van der Waals surface area contributed by atoms with Crippen LogP contribution in [0.15, 0.2) is 121 Å². The minimum absolute atomic E-state index is 0.0459. The number of hydrogen-bond donors (Lipinski definition) is 0. The molecule has 0 saturated carbocycles. The predicted octanol–water partition coefficient (Wildman–Crippen LogP) is 5.79. The molecule has 0 N–H and O–H groups in total. The lowest BCUT2D eigenvalue weighted by atomic mass is 10.2. The summed E-state index contributed by atoms with van der Waals surface area (Å²) in [6.07, 6.45) is 3.46. The third-order valence-corrected chi connectivity index (χ3v) is 6.10. The highest BCUT2D eigenvalue weighted by Gasteiger charge is 2.21. The molecule has 7 heteroatoms. The summed E-state index contributed by atoms with van der Waals surface area (Å²) in [5, 5.41) is 9.52. The molecular weight excluding hydrogens is 442 g/mol. The van der Waals surface area contributed by atoms with Crippen molar-refractivity contribution in [3.63, 3.8) is 0 Å². The normalized spacial score (nSPS) is 10.7. The summed E-state index contributed by atoms with van der Waals surface area (Å²) in [5.41, 5.74) is 3.47. The molecular formula is C27H21N5OS. The molecule has 0 spiro atoms. The number of thioether (sulfide) groups is 1. The van der Waals surface area contributed by atoms with E-state index in [1.807, 2.05) is 108 Å². The summed E-state index contributed by atoms with van der Waals surface area (Å²) in [6, 6.07) is 33.0. The highest BCUT2D eigenvalue weighted by Crippen LogP contribution is 2.30. The summed E-state index contributed by atoms with van der Waals surface area (Å²) in [5.74, 6) is 0.854. The van der Waals surface area contributed by atoms with Gasteiger partial charge in [-0.05, 0) is 48.5 Å². The van der Waals surface area contributed by atoms with E-state index >= 15 is 0 Å². The highest BCUT2D eigenvalue weighted by molar-refractivity contribution is 7.99. The zero-order valence-corrected chi connectivity index (χ0v) is 19.0. The Labute approximate surface area is 201 Å². The predicted molar refractivity (Wildman–Crippen MR) is 135 cm³/mol. The lowest BCUT2D eigenvalue weighted by Crippen LogP contribution is -2.27. The number of aromatic nitrogens is 4. The van der Waals surface area contributed by atoms with Gasteiger partial charge in [0.25, 0.3) is 0 Å². The standard InChI is InChI=1S/C27H21N5OS/c33-25(31(22-10-4-1-5-11-22)23-12-6-2-7-13-23)20-34-27-30-29-26(21-16-18-28-19-17-21)32(27)24-14-8-3-9-15-24/h1-19H,20H2. The largest absolute Gasteiger partial charge is 0.280 e. The smallest absolute Gasteiger partial charge is 0.242 e. The van der Waals surface area contributed by atoms with E-state index in [1.54, 1.807) is 17.3 Å². The van der Waals surface area contributed by atoms with Crippen LogP contribution in [0.3, 0.4) is 0 Å². The fourth-order valence-electron chi connectivity index (χ4n) is 3.64. The maximum absolute atomic E-state index is 13.5. The Kier molecular flexibility index (Phi) is 6.45. The first kappa shape index (κ1) is 21.6. The molecule has 0 aliphatic carbocycles. The van der Waals surface area contributed by atoms with E-state index in [0.29, 0.717) is 11.0 Å². The topological polar surface area (TPSA) is 63.9 Å². The maximum Gasteiger partial charge on any atom is 0.242 e. The van der Waals surface area contributed by atoms with Crippen LogP contribution in [0, 0.1) is 0 Å². The Balaban J connectivity index is 1.47. The van der Waals surface area contributed by atoms with E-state index in [4.69, 9.17) is 0 Å². The number of hydrogen-bond acceptors (Lipinski definition) is 5. The molecule has 2 heterocycles. The molecule has 3 aromatic carbocycles. The van der Waals surface area contributed by atoms with E-state index in [-0.39, 0.29) is 11.7 Å². The molecule has 5 aromatic rings. The van der Waals surface area contributed by atoms with Crippen molar-refractivity contribution < 1.29 is 4.79 Å². The monoisotopic (exact) mass is 463 g/mol. The number of benzene rings is 3. The zero-order valence-electron chi connectivity index (χ0n) is 18.2. The minimum Gasteiger partial charge on any atom is -0.280 e. The van der Waals surface area contributed by atoms with Crippen molar-refractivity contribution in [2.24, 2.45) is 0 Å². The SMILES string of the molecule is O=C(CSc1nnc(-c2ccncc2)n1-c1ccccc1)N(c1ccccc1)c1ccccc1. The number of nitrogens with zero attached hydrogens (tertiary/aromatic N) is 5. The molecule has 0 fully saturated rings.